The maximum atomic E-state index is 11.6. The Balaban J connectivity index is 3.29. The number of methoxy groups -OCH3 is 4. The fourth-order valence-corrected chi connectivity index (χ4v) is 1.58. The van der Waals surface area contributed by atoms with E-state index in [1.165, 1.54) is 28.4 Å². The Kier molecular flexibility index (Phi) is 4.78. The van der Waals surface area contributed by atoms with Gasteiger partial charge in [0.05, 0.1) is 26.9 Å². The van der Waals surface area contributed by atoms with Crippen molar-refractivity contribution < 1.29 is 23.7 Å². The van der Waals surface area contributed by atoms with Crippen LogP contribution in [0.25, 0.3) is 0 Å². The first-order valence-corrected chi connectivity index (χ1v) is 5.01. The summed E-state index contributed by atoms with van der Waals surface area (Å²) in [5.74, 6) is 0.526. The second kappa shape index (κ2) is 6.10. The highest BCUT2D eigenvalue weighted by Crippen LogP contribution is 2.36. The molecular weight excluding hydrogens is 224 g/mol. The summed E-state index contributed by atoms with van der Waals surface area (Å²) in [5, 5.41) is 0. The van der Waals surface area contributed by atoms with Crippen LogP contribution in [0.5, 0.6) is 11.5 Å². The fourth-order valence-electron chi connectivity index (χ4n) is 1.58. The zero-order valence-corrected chi connectivity index (χ0v) is 10.4. The molecule has 1 unspecified atom stereocenters. The van der Waals surface area contributed by atoms with E-state index < -0.39 is 12.1 Å². The summed E-state index contributed by atoms with van der Waals surface area (Å²) >= 11 is 0. The average Bonchev–Trinajstić information content (AvgIpc) is 2.39. The van der Waals surface area contributed by atoms with Crippen molar-refractivity contribution in [2.24, 2.45) is 0 Å². The Hall–Kier alpha value is -1.75. The Bertz CT molecular complexity index is 366. The Labute approximate surface area is 100 Å². The van der Waals surface area contributed by atoms with Gasteiger partial charge in [0, 0.05) is 7.11 Å². The van der Waals surface area contributed by atoms with E-state index in [9.17, 15) is 4.79 Å². The standard InChI is InChI=1S/C12H16O5/c1-14-8-6-5-7-9(15-2)10(8)11(16-3)12(13)17-4/h5-7,11H,1-4H3. The van der Waals surface area contributed by atoms with Crippen LogP contribution in [0.15, 0.2) is 18.2 Å². The normalized spacial score (nSPS) is 11.8. The zero-order valence-electron chi connectivity index (χ0n) is 10.4. The molecule has 1 aromatic rings. The van der Waals surface area contributed by atoms with Crippen LogP contribution in [-0.2, 0) is 14.3 Å². The summed E-state index contributed by atoms with van der Waals surface area (Å²) in [6.45, 7) is 0. The second-order valence-electron chi connectivity index (χ2n) is 3.22. The minimum Gasteiger partial charge on any atom is -0.496 e. The van der Waals surface area contributed by atoms with Crippen molar-refractivity contribution in [3.05, 3.63) is 23.8 Å². The van der Waals surface area contributed by atoms with Crippen molar-refractivity contribution in [1.29, 1.82) is 0 Å². The molecule has 94 valence electrons. The summed E-state index contributed by atoms with van der Waals surface area (Å²) in [4.78, 5) is 11.6. The predicted molar refractivity (Wildman–Crippen MR) is 61.3 cm³/mol. The molecule has 0 aliphatic heterocycles. The van der Waals surface area contributed by atoms with E-state index in [0.717, 1.165) is 0 Å². The maximum absolute atomic E-state index is 11.6. The molecular formula is C12H16O5. The lowest BCUT2D eigenvalue weighted by atomic mass is 10.1. The second-order valence-corrected chi connectivity index (χ2v) is 3.22. The molecule has 1 aromatic carbocycles. The van der Waals surface area contributed by atoms with Crippen molar-refractivity contribution >= 4 is 5.97 Å². The van der Waals surface area contributed by atoms with E-state index in [4.69, 9.17) is 14.2 Å². The highest BCUT2D eigenvalue weighted by molar-refractivity contribution is 5.78. The molecule has 0 aromatic heterocycles. The smallest absolute Gasteiger partial charge is 0.339 e. The molecule has 0 aliphatic carbocycles. The van der Waals surface area contributed by atoms with Gasteiger partial charge >= 0.3 is 5.97 Å². The van der Waals surface area contributed by atoms with Gasteiger partial charge in [0.1, 0.15) is 11.5 Å². The number of ether oxygens (including phenoxy) is 4. The molecule has 0 bridgehead atoms. The van der Waals surface area contributed by atoms with Crippen molar-refractivity contribution in [3.8, 4) is 11.5 Å². The Morgan fingerprint density at radius 1 is 1.06 bits per heavy atom. The van der Waals surface area contributed by atoms with E-state index >= 15 is 0 Å². The maximum Gasteiger partial charge on any atom is 0.339 e. The molecule has 17 heavy (non-hydrogen) atoms. The zero-order chi connectivity index (χ0) is 12.8. The molecule has 1 rings (SSSR count). The van der Waals surface area contributed by atoms with Crippen LogP contribution in [0, 0.1) is 0 Å². The molecule has 5 heteroatoms. The molecule has 0 spiro atoms. The minimum atomic E-state index is -0.869. The number of hydrogen-bond acceptors (Lipinski definition) is 5. The van der Waals surface area contributed by atoms with E-state index in [2.05, 4.69) is 4.74 Å². The van der Waals surface area contributed by atoms with Gasteiger partial charge in [-0.2, -0.15) is 0 Å². The molecule has 0 N–H and O–H groups in total. The number of carbonyl (C=O) groups excluding carboxylic acids is 1. The van der Waals surface area contributed by atoms with Gasteiger partial charge < -0.3 is 18.9 Å². The van der Waals surface area contributed by atoms with Crippen molar-refractivity contribution in [2.45, 2.75) is 6.10 Å². The quantitative estimate of drug-likeness (QED) is 0.731. The number of hydrogen-bond donors (Lipinski definition) is 0. The molecule has 0 aliphatic rings. The summed E-state index contributed by atoms with van der Waals surface area (Å²) in [6, 6.07) is 5.23. The first kappa shape index (κ1) is 13.3. The van der Waals surface area contributed by atoms with E-state index in [1.807, 2.05) is 0 Å². The molecule has 0 amide bonds. The molecule has 0 saturated heterocycles. The first-order chi connectivity index (χ1) is 8.19. The lowest BCUT2D eigenvalue weighted by Gasteiger charge is -2.19. The largest absolute Gasteiger partial charge is 0.496 e. The molecule has 0 saturated carbocycles. The van der Waals surface area contributed by atoms with Crippen LogP contribution < -0.4 is 9.47 Å². The third kappa shape index (κ3) is 2.68. The predicted octanol–water partition coefficient (Wildman–Crippen LogP) is 1.56. The lowest BCUT2D eigenvalue weighted by molar-refractivity contribution is -0.152. The van der Waals surface area contributed by atoms with Crippen LogP contribution in [-0.4, -0.2) is 34.4 Å². The number of carbonyl (C=O) groups is 1. The van der Waals surface area contributed by atoms with Crippen LogP contribution in [0.2, 0.25) is 0 Å². The van der Waals surface area contributed by atoms with Crippen molar-refractivity contribution in [2.75, 3.05) is 28.4 Å². The van der Waals surface area contributed by atoms with Crippen LogP contribution in [0.3, 0.4) is 0 Å². The summed E-state index contributed by atoms with van der Waals surface area (Å²) < 4.78 is 20.2. The van der Waals surface area contributed by atoms with Gasteiger partial charge in [-0.15, -0.1) is 0 Å². The van der Waals surface area contributed by atoms with E-state index in [1.54, 1.807) is 18.2 Å². The lowest BCUT2D eigenvalue weighted by Crippen LogP contribution is -2.17. The average molecular weight is 240 g/mol. The highest BCUT2D eigenvalue weighted by atomic mass is 16.6. The Morgan fingerprint density at radius 3 is 1.94 bits per heavy atom. The minimum absolute atomic E-state index is 0.504. The van der Waals surface area contributed by atoms with Gasteiger partial charge in [-0.05, 0) is 12.1 Å². The molecule has 5 nitrogen and oxygen atoms in total. The summed E-state index contributed by atoms with van der Waals surface area (Å²) in [5.41, 5.74) is 0.520. The molecule has 0 radical (unpaired) electrons. The Morgan fingerprint density at radius 2 is 1.59 bits per heavy atom. The van der Waals surface area contributed by atoms with Gasteiger partial charge in [-0.3, -0.25) is 0 Å². The van der Waals surface area contributed by atoms with Crippen LogP contribution in [0.1, 0.15) is 11.7 Å². The van der Waals surface area contributed by atoms with E-state index in [0.29, 0.717) is 17.1 Å². The van der Waals surface area contributed by atoms with Crippen molar-refractivity contribution in [1.82, 2.24) is 0 Å². The number of esters is 1. The van der Waals surface area contributed by atoms with Gasteiger partial charge in [-0.1, -0.05) is 6.07 Å². The monoisotopic (exact) mass is 240 g/mol. The summed E-state index contributed by atoms with van der Waals surface area (Å²) in [7, 11) is 5.76. The van der Waals surface area contributed by atoms with Gasteiger partial charge in [0.2, 0.25) is 0 Å². The third-order valence-corrected chi connectivity index (χ3v) is 2.38. The highest BCUT2D eigenvalue weighted by Gasteiger charge is 2.28. The van der Waals surface area contributed by atoms with Crippen molar-refractivity contribution in [3.63, 3.8) is 0 Å². The first-order valence-electron chi connectivity index (χ1n) is 5.01. The molecule has 0 heterocycles. The van der Waals surface area contributed by atoms with E-state index in [-0.39, 0.29) is 0 Å². The number of benzene rings is 1. The molecule has 0 fully saturated rings. The SMILES string of the molecule is COC(=O)C(OC)c1c(OC)cccc1OC. The van der Waals surface area contributed by atoms with Crippen LogP contribution in [0.4, 0.5) is 0 Å². The third-order valence-electron chi connectivity index (χ3n) is 2.38. The van der Waals surface area contributed by atoms with Crippen LogP contribution >= 0.6 is 0 Å². The fraction of sp³-hybridized carbons (Fsp3) is 0.417. The summed E-state index contributed by atoms with van der Waals surface area (Å²) in [6.07, 6.45) is -0.869. The van der Waals surface area contributed by atoms with Gasteiger partial charge in [0.25, 0.3) is 0 Å². The number of rotatable bonds is 5. The van der Waals surface area contributed by atoms with Gasteiger partial charge in [-0.25, -0.2) is 4.79 Å². The topological polar surface area (TPSA) is 54.0 Å². The molecule has 1 atom stereocenters. The van der Waals surface area contributed by atoms with Gasteiger partial charge in [0.15, 0.2) is 6.10 Å².